The van der Waals surface area contributed by atoms with Gasteiger partial charge in [-0.2, -0.15) is 0 Å². The minimum absolute atomic E-state index is 0.466. The van der Waals surface area contributed by atoms with Crippen molar-refractivity contribution in [1.29, 1.82) is 5.41 Å². The smallest absolute Gasteiger partial charge is 0.129 e. The van der Waals surface area contributed by atoms with Crippen molar-refractivity contribution in [2.24, 2.45) is 0 Å². The van der Waals surface area contributed by atoms with Crippen LogP contribution in [0, 0.1) is 17.0 Å². The number of nitrogens with two attached hydrogens (primary N) is 1. The fourth-order valence-electron chi connectivity index (χ4n) is 2.67. The number of nitrogen functional groups attached to an aromatic ring is 1. The molecule has 24 heavy (non-hydrogen) atoms. The number of benzene rings is 2. The van der Waals surface area contributed by atoms with Crippen LogP contribution in [0.2, 0.25) is 0 Å². The van der Waals surface area contributed by atoms with Crippen molar-refractivity contribution in [1.82, 2.24) is 0 Å². The maximum atomic E-state index is 14.1. The van der Waals surface area contributed by atoms with Crippen molar-refractivity contribution in [2.45, 2.75) is 32.1 Å². The van der Waals surface area contributed by atoms with Crippen LogP contribution in [0.15, 0.2) is 36.4 Å². The minimum atomic E-state index is -0.576. The molecule has 0 saturated carbocycles. The summed E-state index contributed by atoms with van der Waals surface area (Å²) in [7, 11) is 0. The van der Waals surface area contributed by atoms with Gasteiger partial charge in [-0.1, -0.05) is 19.9 Å². The highest BCUT2D eigenvalue weighted by Crippen LogP contribution is 2.28. The van der Waals surface area contributed by atoms with E-state index in [4.69, 9.17) is 11.1 Å². The molecule has 128 valence electrons. The molecule has 0 aliphatic carbocycles. The molecule has 4 N–H and O–H groups in total. The van der Waals surface area contributed by atoms with E-state index in [0.29, 0.717) is 30.6 Å². The number of anilines is 2. The Morgan fingerprint density at radius 1 is 1.17 bits per heavy atom. The first kappa shape index (κ1) is 17.9. The van der Waals surface area contributed by atoms with E-state index in [0.717, 1.165) is 17.3 Å². The molecule has 0 unspecified atom stereocenters. The van der Waals surface area contributed by atoms with Gasteiger partial charge in [0.1, 0.15) is 11.6 Å². The van der Waals surface area contributed by atoms with Crippen LogP contribution in [0.3, 0.4) is 0 Å². The van der Waals surface area contributed by atoms with Crippen LogP contribution in [-0.2, 0) is 11.8 Å². The lowest BCUT2D eigenvalue weighted by Crippen LogP contribution is -2.29. The summed E-state index contributed by atoms with van der Waals surface area (Å²) in [5.41, 5.74) is 8.40. The van der Waals surface area contributed by atoms with Crippen molar-refractivity contribution < 1.29 is 8.78 Å². The van der Waals surface area contributed by atoms with Crippen molar-refractivity contribution in [3.8, 4) is 0 Å². The summed E-state index contributed by atoms with van der Waals surface area (Å²) in [6, 6.07) is 9.27. The lowest BCUT2D eigenvalue weighted by molar-refractivity contribution is 0.495. The third kappa shape index (κ3) is 4.31. The minimum Gasteiger partial charge on any atom is -0.399 e. The number of hydrogen-bond donors (Lipinski definition) is 3. The number of hydrogen-bond acceptors (Lipinski definition) is 3. The van der Waals surface area contributed by atoms with E-state index in [1.54, 1.807) is 0 Å². The molecular formula is C19H23F2N3. The molecule has 3 nitrogen and oxygen atoms in total. The Hall–Kier alpha value is -2.43. The molecule has 0 aromatic heterocycles. The molecule has 0 bridgehead atoms. The number of nitrogens with one attached hydrogen (secondary N) is 2. The molecule has 0 amide bonds. The van der Waals surface area contributed by atoms with Gasteiger partial charge in [0, 0.05) is 29.4 Å². The van der Waals surface area contributed by atoms with Gasteiger partial charge in [-0.05, 0) is 54.4 Å². The first-order valence-electron chi connectivity index (χ1n) is 7.90. The SMILES string of the molecule is CC(C)(CNc1ccc(N)cc1CCC=N)c1ccc(F)cc1F. The standard InChI is InChI=1S/C19H23F2N3/c1-19(2,16-7-5-14(20)11-17(16)21)12-24-18-8-6-15(23)10-13(18)4-3-9-22/h5-11,22,24H,3-4,12,23H2,1-2H3. The molecule has 2 aromatic carbocycles. The zero-order valence-electron chi connectivity index (χ0n) is 14.0. The van der Waals surface area contributed by atoms with Gasteiger partial charge in [0.25, 0.3) is 0 Å². The lowest BCUT2D eigenvalue weighted by Gasteiger charge is -2.27. The second-order valence-electron chi connectivity index (χ2n) is 6.52. The Kier molecular flexibility index (Phi) is 5.54. The van der Waals surface area contributed by atoms with Gasteiger partial charge in [0.05, 0.1) is 0 Å². The number of aryl methyl sites for hydroxylation is 1. The van der Waals surface area contributed by atoms with Gasteiger partial charge in [-0.3, -0.25) is 0 Å². The van der Waals surface area contributed by atoms with Gasteiger partial charge >= 0.3 is 0 Å². The lowest BCUT2D eigenvalue weighted by atomic mass is 9.84. The van der Waals surface area contributed by atoms with Crippen molar-refractivity contribution in [3.05, 3.63) is 59.2 Å². The topological polar surface area (TPSA) is 61.9 Å². The largest absolute Gasteiger partial charge is 0.399 e. The van der Waals surface area contributed by atoms with Crippen molar-refractivity contribution in [2.75, 3.05) is 17.6 Å². The Morgan fingerprint density at radius 2 is 1.92 bits per heavy atom. The summed E-state index contributed by atoms with van der Waals surface area (Å²) < 4.78 is 27.2. The zero-order valence-corrected chi connectivity index (χ0v) is 14.0. The van der Waals surface area contributed by atoms with Gasteiger partial charge in [-0.25, -0.2) is 8.78 Å². The average Bonchev–Trinajstić information content (AvgIpc) is 2.51. The highest BCUT2D eigenvalue weighted by Gasteiger charge is 2.24. The van der Waals surface area contributed by atoms with Crippen LogP contribution in [0.1, 0.15) is 31.4 Å². The molecule has 0 saturated heterocycles. The summed E-state index contributed by atoms with van der Waals surface area (Å²) in [6.07, 6.45) is 2.71. The molecule has 5 heteroatoms. The summed E-state index contributed by atoms with van der Waals surface area (Å²) in [5.74, 6) is -1.12. The Labute approximate surface area is 141 Å². The first-order chi connectivity index (χ1) is 11.3. The van der Waals surface area contributed by atoms with Crippen LogP contribution in [-0.4, -0.2) is 12.8 Å². The molecule has 2 aromatic rings. The van der Waals surface area contributed by atoms with Crippen LogP contribution in [0.5, 0.6) is 0 Å². The molecule has 0 heterocycles. The van der Waals surface area contributed by atoms with Gasteiger partial charge < -0.3 is 16.5 Å². The molecular weight excluding hydrogens is 308 g/mol. The van der Waals surface area contributed by atoms with E-state index < -0.39 is 17.0 Å². The third-order valence-corrected chi connectivity index (χ3v) is 4.07. The maximum absolute atomic E-state index is 14.1. The number of halogens is 2. The predicted molar refractivity (Wildman–Crippen MR) is 95.8 cm³/mol. The van der Waals surface area contributed by atoms with Crippen molar-refractivity contribution >= 4 is 17.6 Å². The molecule has 0 fully saturated rings. The van der Waals surface area contributed by atoms with Gasteiger partial charge in [0.15, 0.2) is 0 Å². The molecule has 0 atom stereocenters. The third-order valence-electron chi connectivity index (χ3n) is 4.07. The second kappa shape index (κ2) is 7.43. The van der Waals surface area contributed by atoms with E-state index in [-0.39, 0.29) is 0 Å². The number of rotatable bonds is 7. The predicted octanol–water partition coefficient (Wildman–Crippen LogP) is 4.52. The van der Waals surface area contributed by atoms with Crippen molar-refractivity contribution in [3.63, 3.8) is 0 Å². The van der Waals surface area contributed by atoms with E-state index in [1.807, 2.05) is 32.0 Å². The average molecular weight is 331 g/mol. The van der Waals surface area contributed by atoms with Crippen LogP contribution in [0.4, 0.5) is 20.2 Å². The fourth-order valence-corrected chi connectivity index (χ4v) is 2.67. The van der Waals surface area contributed by atoms with Crippen LogP contribution >= 0.6 is 0 Å². The molecule has 2 rings (SSSR count). The normalized spacial score (nSPS) is 11.3. The zero-order chi connectivity index (χ0) is 17.7. The molecule has 0 aliphatic heterocycles. The first-order valence-corrected chi connectivity index (χ1v) is 7.90. The summed E-state index contributed by atoms with van der Waals surface area (Å²) >= 11 is 0. The van der Waals surface area contributed by atoms with E-state index in [9.17, 15) is 8.78 Å². The van der Waals surface area contributed by atoms with Gasteiger partial charge in [-0.15, -0.1) is 0 Å². The molecule has 0 radical (unpaired) electrons. The van der Waals surface area contributed by atoms with Crippen LogP contribution in [0.25, 0.3) is 0 Å². The Balaban J connectivity index is 2.18. The molecule has 0 spiro atoms. The summed E-state index contributed by atoms with van der Waals surface area (Å²) in [4.78, 5) is 0. The highest BCUT2D eigenvalue weighted by molar-refractivity contribution is 5.61. The molecule has 0 aliphatic rings. The Bertz CT molecular complexity index is 727. The van der Waals surface area contributed by atoms with Crippen LogP contribution < -0.4 is 11.1 Å². The van der Waals surface area contributed by atoms with E-state index in [1.165, 1.54) is 18.3 Å². The summed E-state index contributed by atoms with van der Waals surface area (Å²) in [6.45, 7) is 4.30. The Morgan fingerprint density at radius 3 is 2.58 bits per heavy atom. The van der Waals surface area contributed by atoms with E-state index >= 15 is 0 Å². The van der Waals surface area contributed by atoms with Gasteiger partial charge in [0.2, 0.25) is 0 Å². The van der Waals surface area contributed by atoms with E-state index in [2.05, 4.69) is 5.32 Å². The maximum Gasteiger partial charge on any atom is 0.129 e. The quantitative estimate of drug-likeness (QED) is 0.516. The fraction of sp³-hybridized carbons (Fsp3) is 0.316. The summed E-state index contributed by atoms with van der Waals surface area (Å²) in [5, 5.41) is 10.5. The highest BCUT2D eigenvalue weighted by atomic mass is 19.1. The monoisotopic (exact) mass is 331 g/mol. The second-order valence-corrected chi connectivity index (χ2v) is 6.52.